The maximum Gasteiger partial charge on any atom is 0.319 e. The SMILES string of the molecule is CCc1ccc(NC(=O)C(NC(=O)Nc2ccccc2)C(C)C)cc1. The number of rotatable bonds is 6. The minimum absolute atomic E-state index is 0.0450. The summed E-state index contributed by atoms with van der Waals surface area (Å²) in [6.45, 7) is 5.87. The van der Waals surface area contributed by atoms with Crippen LogP contribution in [0.2, 0.25) is 0 Å². The minimum atomic E-state index is -0.630. The highest BCUT2D eigenvalue weighted by molar-refractivity contribution is 5.99. The van der Waals surface area contributed by atoms with Crippen molar-refractivity contribution in [2.75, 3.05) is 10.6 Å². The Morgan fingerprint density at radius 2 is 1.48 bits per heavy atom. The average Bonchev–Trinajstić information content (AvgIpc) is 2.61. The first-order valence-corrected chi connectivity index (χ1v) is 8.52. The highest BCUT2D eigenvalue weighted by atomic mass is 16.2. The Labute approximate surface area is 148 Å². The molecule has 1 atom stereocenters. The standard InChI is InChI=1S/C20H25N3O2/c1-4-15-10-12-17(13-11-15)21-19(24)18(14(2)3)23-20(25)22-16-8-6-5-7-9-16/h5-14,18H,4H2,1-3H3,(H,21,24)(H2,22,23,25). The third-order valence-corrected chi connectivity index (χ3v) is 3.90. The van der Waals surface area contributed by atoms with E-state index in [9.17, 15) is 9.59 Å². The second-order valence-corrected chi connectivity index (χ2v) is 6.23. The molecular formula is C20H25N3O2. The van der Waals surface area contributed by atoms with E-state index in [4.69, 9.17) is 0 Å². The van der Waals surface area contributed by atoms with Gasteiger partial charge in [-0.2, -0.15) is 0 Å². The molecule has 5 nitrogen and oxygen atoms in total. The van der Waals surface area contributed by atoms with Crippen LogP contribution in [0.1, 0.15) is 26.3 Å². The Morgan fingerprint density at radius 1 is 0.880 bits per heavy atom. The van der Waals surface area contributed by atoms with Crippen LogP contribution in [0.15, 0.2) is 54.6 Å². The van der Waals surface area contributed by atoms with E-state index in [-0.39, 0.29) is 11.8 Å². The zero-order valence-electron chi connectivity index (χ0n) is 14.9. The number of urea groups is 1. The molecule has 0 aliphatic rings. The summed E-state index contributed by atoms with van der Waals surface area (Å²) in [5.41, 5.74) is 2.61. The summed E-state index contributed by atoms with van der Waals surface area (Å²) in [4.78, 5) is 24.7. The van der Waals surface area contributed by atoms with Gasteiger partial charge in [-0.1, -0.05) is 51.1 Å². The van der Waals surface area contributed by atoms with Crippen LogP contribution in [0, 0.1) is 5.92 Å². The number of carbonyl (C=O) groups excluding carboxylic acids is 2. The van der Waals surface area contributed by atoms with E-state index < -0.39 is 12.1 Å². The van der Waals surface area contributed by atoms with E-state index in [0.717, 1.165) is 12.1 Å². The number of amides is 3. The van der Waals surface area contributed by atoms with Gasteiger partial charge in [-0.05, 0) is 42.2 Å². The minimum Gasteiger partial charge on any atom is -0.326 e. The number of hydrogen-bond donors (Lipinski definition) is 3. The van der Waals surface area contributed by atoms with Crippen molar-refractivity contribution in [2.45, 2.75) is 33.2 Å². The molecule has 3 amide bonds. The molecule has 0 heterocycles. The number of carbonyl (C=O) groups is 2. The molecule has 0 spiro atoms. The van der Waals surface area contributed by atoms with Crippen molar-refractivity contribution in [1.82, 2.24) is 5.32 Å². The van der Waals surface area contributed by atoms with Crippen molar-refractivity contribution in [3.05, 3.63) is 60.2 Å². The largest absolute Gasteiger partial charge is 0.326 e. The van der Waals surface area contributed by atoms with Gasteiger partial charge in [-0.3, -0.25) is 4.79 Å². The molecule has 132 valence electrons. The number of hydrogen-bond acceptors (Lipinski definition) is 2. The number of aryl methyl sites for hydroxylation is 1. The molecule has 5 heteroatoms. The highest BCUT2D eigenvalue weighted by Gasteiger charge is 2.24. The summed E-state index contributed by atoms with van der Waals surface area (Å²) >= 11 is 0. The Bertz CT molecular complexity index is 697. The molecule has 2 aromatic rings. The molecule has 0 fully saturated rings. The number of benzene rings is 2. The molecule has 1 unspecified atom stereocenters. The van der Waals surface area contributed by atoms with Crippen LogP contribution in [0.5, 0.6) is 0 Å². The van der Waals surface area contributed by atoms with Crippen LogP contribution in [-0.4, -0.2) is 18.0 Å². The van der Waals surface area contributed by atoms with Crippen molar-refractivity contribution in [3.8, 4) is 0 Å². The first-order valence-electron chi connectivity index (χ1n) is 8.52. The van der Waals surface area contributed by atoms with Crippen molar-refractivity contribution in [2.24, 2.45) is 5.92 Å². The lowest BCUT2D eigenvalue weighted by Crippen LogP contribution is -2.48. The topological polar surface area (TPSA) is 70.2 Å². The van der Waals surface area contributed by atoms with Gasteiger partial charge >= 0.3 is 6.03 Å². The Morgan fingerprint density at radius 3 is 2.04 bits per heavy atom. The first-order chi connectivity index (χ1) is 12.0. The van der Waals surface area contributed by atoms with Crippen molar-refractivity contribution < 1.29 is 9.59 Å². The van der Waals surface area contributed by atoms with Gasteiger partial charge in [-0.15, -0.1) is 0 Å². The molecule has 0 radical (unpaired) electrons. The van der Waals surface area contributed by atoms with Crippen molar-refractivity contribution in [3.63, 3.8) is 0 Å². The second kappa shape index (κ2) is 8.87. The molecule has 2 rings (SSSR count). The lowest BCUT2D eigenvalue weighted by Gasteiger charge is -2.22. The van der Waals surface area contributed by atoms with Gasteiger partial charge in [0.1, 0.15) is 6.04 Å². The lowest BCUT2D eigenvalue weighted by atomic mass is 10.0. The predicted molar refractivity (Wildman–Crippen MR) is 102 cm³/mol. The van der Waals surface area contributed by atoms with Gasteiger partial charge in [-0.25, -0.2) is 4.79 Å². The van der Waals surface area contributed by atoms with E-state index in [0.29, 0.717) is 5.69 Å². The zero-order chi connectivity index (χ0) is 18.2. The van der Waals surface area contributed by atoms with Gasteiger partial charge in [0, 0.05) is 11.4 Å². The first kappa shape index (κ1) is 18.5. The molecule has 2 aromatic carbocycles. The molecule has 3 N–H and O–H groups in total. The number of para-hydroxylation sites is 1. The van der Waals surface area contributed by atoms with E-state index in [1.807, 2.05) is 56.3 Å². The van der Waals surface area contributed by atoms with Crippen molar-refractivity contribution in [1.29, 1.82) is 0 Å². The Kier molecular flexibility index (Phi) is 6.57. The Balaban J connectivity index is 1.98. The van der Waals surface area contributed by atoms with Gasteiger partial charge in [0.05, 0.1) is 0 Å². The number of anilines is 2. The van der Waals surface area contributed by atoms with E-state index in [1.54, 1.807) is 12.1 Å². The predicted octanol–water partition coefficient (Wildman–Crippen LogP) is 4.03. The van der Waals surface area contributed by atoms with E-state index in [1.165, 1.54) is 5.56 Å². The fourth-order valence-corrected chi connectivity index (χ4v) is 2.41. The maximum atomic E-state index is 12.5. The molecule has 0 aromatic heterocycles. The van der Waals surface area contributed by atoms with Gasteiger partial charge in [0.2, 0.25) is 5.91 Å². The summed E-state index contributed by atoms with van der Waals surface area (Å²) in [5, 5.41) is 8.34. The van der Waals surface area contributed by atoms with Crippen LogP contribution in [0.4, 0.5) is 16.2 Å². The molecule has 0 bridgehead atoms. The maximum absolute atomic E-state index is 12.5. The molecule has 0 saturated carbocycles. The summed E-state index contributed by atoms with van der Waals surface area (Å²) in [6.07, 6.45) is 0.948. The van der Waals surface area contributed by atoms with E-state index in [2.05, 4.69) is 22.9 Å². The zero-order valence-corrected chi connectivity index (χ0v) is 14.9. The van der Waals surface area contributed by atoms with Gasteiger partial charge < -0.3 is 16.0 Å². The third kappa shape index (κ3) is 5.64. The fraction of sp³-hybridized carbons (Fsp3) is 0.300. The molecule has 0 aliphatic carbocycles. The monoisotopic (exact) mass is 339 g/mol. The van der Waals surface area contributed by atoms with Crippen LogP contribution in [-0.2, 0) is 11.2 Å². The molecular weight excluding hydrogens is 314 g/mol. The second-order valence-electron chi connectivity index (χ2n) is 6.23. The van der Waals surface area contributed by atoms with E-state index >= 15 is 0 Å². The number of nitrogens with one attached hydrogen (secondary N) is 3. The Hall–Kier alpha value is -2.82. The van der Waals surface area contributed by atoms with Crippen LogP contribution in [0.3, 0.4) is 0 Å². The summed E-state index contributed by atoms with van der Waals surface area (Å²) in [7, 11) is 0. The van der Waals surface area contributed by atoms with Gasteiger partial charge in [0.15, 0.2) is 0 Å². The molecule has 0 saturated heterocycles. The smallest absolute Gasteiger partial charge is 0.319 e. The van der Waals surface area contributed by atoms with Crippen molar-refractivity contribution >= 4 is 23.3 Å². The molecule has 25 heavy (non-hydrogen) atoms. The summed E-state index contributed by atoms with van der Waals surface area (Å²) < 4.78 is 0. The fourth-order valence-electron chi connectivity index (χ4n) is 2.41. The summed E-state index contributed by atoms with van der Waals surface area (Å²) in [6, 6.07) is 15.8. The normalized spacial score (nSPS) is 11.7. The van der Waals surface area contributed by atoms with Gasteiger partial charge in [0.25, 0.3) is 0 Å². The molecule has 0 aliphatic heterocycles. The average molecular weight is 339 g/mol. The quantitative estimate of drug-likeness (QED) is 0.743. The third-order valence-electron chi connectivity index (χ3n) is 3.90. The van der Waals surface area contributed by atoms with Crippen LogP contribution < -0.4 is 16.0 Å². The van der Waals surface area contributed by atoms with Crippen LogP contribution >= 0.6 is 0 Å². The highest BCUT2D eigenvalue weighted by Crippen LogP contribution is 2.12. The lowest BCUT2D eigenvalue weighted by molar-refractivity contribution is -0.118. The van der Waals surface area contributed by atoms with Crippen LogP contribution in [0.25, 0.3) is 0 Å². The summed E-state index contributed by atoms with van der Waals surface area (Å²) in [5.74, 6) is -0.279.